The number of ether oxygens (including phenoxy) is 1. The number of benzene rings is 2. The van der Waals surface area contributed by atoms with Gasteiger partial charge in [-0.1, -0.05) is 24.3 Å². The zero-order valence-electron chi connectivity index (χ0n) is 22.2. The van der Waals surface area contributed by atoms with E-state index in [-0.39, 0.29) is 24.1 Å². The SMILES string of the molecule is CN(Cc1ccc(N2C[C@@H](C(=O)Nc3ccc(CCc4ccc(F)cc4)nn3)CC2=O)cc1)C1CCOCC1. The first-order valence-electron chi connectivity index (χ1n) is 13.5. The Hall–Kier alpha value is -3.69. The van der Waals surface area contributed by atoms with Crippen molar-refractivity contribution in [2.45, 2.75) is 44.7 Å². The summed E-state index contributed by atoms with van der Waals surface area (Å²) < 4.78 is 18.5. The second-order valence-electron chi connectivity index (χ2n) is 10.4. The van der Waals surface area contributed by atoms with E-state index in [4.69, 9.17) is 4.74 Å². The lowest BCUT2D eigenvalue weighted by molar-refractivity contribution is -0.122. The molecule has 0 spiro atoms. The highest BCUT2D eigenvalue weighted by Crippen LogP contribution is 2.27. The first kappa shape index (κ1) is 26.9. The summed E-state index contributed by atoms with van der Waals surface area (Å²) in [5.74, 6) is -0.669. The molecule has 2 fully saturated rings. The van der Waals surface area contributed by atoms with Crippen LogP contribution in [0.2, 0.25) is 0 Å². The molecular weight excluding hydrogens is 497 g/mol. The Kier molecular flexibility index (Phi) is 8.58. The van der Waals surface area contributed by atoms with E-state index >= 15 is 0 Å². The highest BCUT2D eigenvalue weighted by Gasteiger charge is 2.35. The van der Waals surface area contributed by atoms with Gasteiger partial charge in [0.05, 0.1) is 11.6 Å². The van der Waals surface area contributed by atoms with Crippen molar-refractivity contribution in [3.63, 3.8) is 0 Å². The first-order chi connectivity index (χ1) is 18.9. The fourth-order valence-corrected chi connectivity index (χ4v) is 5.17. The van der Waals surface area contributed by atoms with Crippen LogP contribution in [0.3, 0.4) is 0 Å². The molecule has 2 amide bonds. The monoisotopic (exact) mass is 531 g/mol. The zero-order valence-corrected chi connectivity index (χ0v) is 22.2. The van der Waals surface area contributed by atoms with Crippen molar-refractivity contribution in [2.75, 3.05) is 37.0 Å². The molecule has 2 aliphatic rings. The molecule has 3 aromatic rings. The summed E-state index contributed by atoms with van der Waals surface area (Å²) in [5, 5.41) is 11.1. The van der Waals surface area contributed by atoms with Gasteiger partial charge in [-0.25, -0.2) is 4.39 Å². The average Bonchev–Trinajstić information content (AvgIpc) is 3.36. The van der Waals surface area contributed by atoms with Crippen LogP contribution in [0.4, 0.5) is 15.9 Å². The minimum atomic E-state index is -0.461. The third-order valence-electron chi connectivity index (χ3n) is 7.54. The molecule has 1 atom stereocenters. The lowest BCUT2D eigenvalue weighted by Gasteiger charge is -2.31. The van der Waals surface area contributed by atoms with Gasteiger partial charge in [0.2, 0.25) is 11.8 Å². The van der Waals surface area contributed by atoms with Crippen LogP contribution in [-0.2, 0) is 33.7 Å². The van der Waals surface area contributed by atoms with Crippen LogP contribution in [-0.4, -0.2) is 59.8 Å². The van der Waals surface area contributed by atoms with Gasteiger partial charge in [-0.15, -0.1) is 5.10 Å². The number of aryl methyl sites for hydroxylation is 2. The Morgan fingerprint density at radius 1 is 1.00 bits per heavy atom. The Balaban J connectivity index is 1.11. The molecule has 2 aromatic carbocycles. The smallest absolute Gasteiger partial charge is 0.231 e. The number of carbonyl (C=O) groups is 2. The Labute approximate surface area is 228 Å². The second kappa shape index (κ2) is 12.4. The number of hydrogen-bond acceptors (Lipinski definition) is 6. The highest BCUT2D eigenvalue weighted by molar-refractivity contribution is 6.03. The fraction of sp³-hybridized carbons (Fsp3) is 0.400. The van der Waals surface area contributed by atoms with Crippen LogP contribution in [0.5, 0.6) is 0 Å². The summed E-state index contributed by atoms with van der Waals surface area (Å²) in [6.45, 7) is 2.80. The van der Waals surface area contributed by atoms with Gasteiger partial charge in [0.1, 0.15) is 5.82 Å². The number of nitrogens with zero attached hydrogens (tertiary/aromatic N) is 4. The molecule has 8 nitrogen and oxygen atoms in total. The minimum Gasteiger partial charge on any atom is -0.381 e. The van der Waals surface area contributed by atoms with Crippen molar-refractivity contribution in [3.8, 4) is 0 Å². The van der Waals surface area contributed by atoms with Gasteiger partial charge in [0.15, 0.2) is 5.82 Å². The van der Waals surface area contributed by atoms with Crippen molar-refractivity contribution < 1.29 is 18.7 Å². The van der Waals surface area contributed by atoms with Crippen molar-refractivity contribution in [2.24, 2.45) is 5.92 Å². The molecule has 0 aliphatic carbocycles. The third kappa shape index (κ3) is 7.04. The Morgan fingerprint density at radius 2 is 1.72 bits per heavy atom. The van der Waals surface area contributed by atoms with Gasteiger partial charge in [-0.2, -0.15) is 5.10 Å². The predicted molar refractivity (Wildman–Crippen MR) is 147 cm³/mol. The largest absolute Gasteiger partial charge is 0.381 e. The van der Waals surface area contributed by atoms with Crippen LogP contribution in [0.15, 0.2) is 60.7 Å². The number of anilines is 2. The van der Waals surface area contributed by atoms with Gasteiger partial charge in [-0.3, -0.25) is 14.5 Å². The number of aromatic nitrogens is 2. The Morgan fingerprint density at radius 3 is 2.41 bits per heavy atom. The molecule has 0 radical (unpaired) electrons. The maximum Gasteiger partial charge on any atom is 0.231 e. The van der Waals surface area contributed by atoms with Crippen LogP contribution in [0.25, 0.3) is 0 Å². The van der Waals surface area contributed by atoms with Crippen molar-refractivity contribution >= 4 is 23.3 Å². The number of nitrogens with one attached hydrogen (secondary N) is 1. The minimum absolute atomic E-state index is 0.0653. The molecule has 204 valence electrons. The van der Waals surface area contributed by atoms with Gasteiger partial charge in [0, 0.05) is 44.5 Å². The average molecular weight is 532 g/mol. The molecule has 1 N–H and O–H groups in total. The maximum absolute atomic E-state index is 13.1. The fourth-order valence-electron chi connectivity index (χ4n) is 5.17. The van der Waals surface area contributed by atoms with E-state index in [9.17, 15) is 14.0 Å². The third-order valence-corrected chi connectivity index (χ3v) is 7.54. The van der Waals surface area contributed by atoms with E-state index in [1.807, 2.05) is 18.2 Å². The van der Waals surface area contributed by atoms with Crippen molar-refractivity contribution in [3.05, 3.63) is 83.3 Å². The van der Waals surface area contributed by atoms with Crippen LogP contribution >= 0.6 is 0 Å². The summed E-state index contributed by atoms with van der Waals surface area (Å²) >= 11 is 0. The van der Waals surface area contributed by atoms with Gasteiger partial charge < -0.3 is 15.0 Å². The summed E-state index contributed by atoms with van der Waals surface area (Å²) in [6.07, 6.45) is 3.63. The number of hydrogen-bond donors (Lipinski definition) is 1. The van der Waals surface area contributed by atoms with Gasteiger partial charge in [0.25, 0.3) is 0 Å². The molecule has 0 saturated carbocycles. The van der Waals surface area contributed by atoms with Gasteiger partial charge in [-0.05, 0) is 80.3 Å². The van der Waals surface area contributed by atoms with Gasteiger partial charge >= 0.3 is 0 Å². The predicted octanol–water partition coefficient (Wildman–Crippen LogP) is 4.00. The number of amides is 2. The van der Waals surface area contributed by atoms with E-state index in [0.717, 1.165) is 49.5 Å². The molecule has 2 aliphatic heterocycles. The number of halogens is 1. The second-order valence-corrected chi connectivity index (χ2v) is 10.4. The molecule has 1 aromatic heterocycles. The lowest BCUT2D eigenvalue weighted by atomic mass is 10.1. The number of rotatable bonds is 9. The zero-order chi connectivity index (χ0) is 27.2. The summed E-state index contributed by atoms with van der Waals surface area (Å²) in [4.78, 5) is 29.7. The normalized spacial score (nSPS) is 18.1. The molecule has 9 heteroatoms. The quantitative estimate of drug-likeness (QED) is 0.449. The van der Waals surface area contributed by atoms with E-state index in [1.54, 1.807) is 23.1 Å². The highest BCUT2D eigenvalue weighted by atomic mass is 19.1. The molecule has 2 saturated heterocycles. The van der Waals surface area contributed by atoms with E-state index < -0.39 is 5.92 Å². The summed E-state index contributed by atoms with van der Waals surface area (Å²) in [6, 6.07) is 18.5. The molecule has 3 heterocycles. The van der Waals surface area contributed by atoms with E-state index in [0.29, 0.717) is 31.2 Å². The van der Waals surface area contributed by atoms with Crippen molar-refractivity contribution in [1.29, 1.82) is 0 Å². The molecule has 0 unspecified atom stereocenters. The van der Waals surface area contributed by atoms with Crippen LogP contribution in [0.1, 0.15) is 36.1 Å². The van der Waals surface area contributed by atoms with E-state index in [1.165, 1.54) is 17.7 Å². The topological polar surface area (TPSA) is 87.7 Å². The lowest BCUT2D eigenvalue weighted by Crippen LogP contribution is -2.36. The summed E-state index contributed by atoms with van der Waals surface area (Å²) in [7, 11) is 2.14. The van der Waals surface area contributed by atoms with Crippen molar-refractivity contribution in [1.82, 2.24) is 15.1 Å². The molecular formula is C30H34FN5O3. The standard InChI is InChI=1S/C30H34FN5O3/c1-35(26-14-16-39-17-15-26)19-22-5-11-27(12-6-22)36-20-23(18-29(36)37)30(38)32-28-13-10-25(33-34-28)9-4-21-2-7-24(31)8-3-21/h2-3,5-8,10-13,23,26H,4,9,14-20H2,1H3,(H,32,34,38)/t23-/m0/s1. The molecule has 0 bridgehead atoms. The van der Waals surface area contributed by atoms with Crippen LogP contribution < -0.4 is 10.2 Å². The van der Waals surface area contributed by atoms with Crippen LogP contribution in [0, 0.1) is 11.7 Å². The molecule has 39 heavy (non-hydrogen) atoms. The Bertz CT molecular complexity index is 1260. The number of carbonyl (C=O) groups excluding carboxylic acids is 2. The van der Waals surface area contributed by atoms with E-state index in [2.05, 4.69) is 39.6 Å². The molecule has 5 rings (SSSR count). The maximum atomic E-state index is 13.1. The first-order valence-corrected chi connectivity index (χ1v) is 13.5. The summed E-state index contributed by atoms with van der Waals surface area (Å²) in [5.41, 5.74) is 3.79.